The Morgan fingerprint density at radius 3 is 2.76 bits per heavy atom. The lowest BCUT2D eigenvalue weighted by Crippen LogP contribution is -2.40. The third-order valence-electron chi connectivity index (χ3n) is 3.94. The highest BCUT2D eigenvalue weighted by molar-refractivity contribution is 5.79. The van der Waals surface area contributed by atoms with Crippen molar-refractivity contribution in [3.8, 4) is 0 Å². The molecule has 0 saturated carbocycles. The zero-order valence-corrected chi connectivity index (χ0v) is 12.1. The second-order valence-electron chi connectivity index (χ2n) is 5.78. The molecule has 1 aromatic carbocycles. The Bertz CT molecular complexity index is 576. The fraction of sp³-hybridized carbons (Fsp3) is 0.467. The zero-order valence-electron chi connectivity index (χ0n) is 12.1. The minimum absolute atomic E-state index is 0.205. The molecule has 6 heteroatoms. The molecule has 1 unspecified atom stereocenters. The number of rotatable bonds is 3. The lowest BCUT2D eigenvalue weighted by Gasteiger charge is -2.20. The minimum Gasteiger partial charge on any atom is -0.481 e. The predicted octanol–water partition coefficient (Wildman–Crippen LogP) is 2.14. The third kappa shape index (κ3) is 3.32. The van der Waals surface area contributed by atoms with Gasteiger partial charge >= 0.3 is 12.0 Å². The van der Waals surface area contributed by atoms with E-state index in [2.05, 4.69) is 5.32 Å². The van der Waals surface area contributed by atoms with Crippen LogP contribution in [-0.4, -0.2) is 35.1 Å². The number of amides is 2. The number of carbonyl (C=O) groups excluding carboxylic acids is 1. The van der Waals surface area contributed by atoms with Crippen LogP contribution in [0, 0.1) is 18.2 Å². The Balaban J connectivity index is 1.91. The van der Waals surface area contributed by atoms with Crippen LogP contribution >= 0.6 is 0 Å². The molecule has 2 N–H and O–H groups in total. The van der Waals surface area contributed by atoms with Crippen molar-refractivity contribution >= 4 is 12.0 Å². The molecule has 0 aliphatic carbocycles. The van der Waals surface area contributed by atoms with Crippen molar-refractivity contribution in [2.45, 2.75) is 26.8 Å². The molecule has 21 heavy (non-hydrogen) atoms. The second-order valence-corrected chi connectivity index (χ2v) is 5.78. The SMILES string of the molecule is Cc1cc(CNC(=O)N2CCC(C)(C(=O)O)C2)ccc1F. The van der Waals surface area contributed by atoms with Gasteiger partial charge in [0.25, 0.3) is 0 Å². The summed E-state index contributed by atoms with van der Waals surface area (Å²) in [6.07, 6.45) is 0.450. The van der Waals surface area contributed by atoms with Gasteiger partial charge in [-0.15, -0.1) is 0 Å². The minimum atomic E-state index is -0.882. The van der Waals surface area contributed by atoms with Gasteiger partial charge < -0.3 is 15.3 Å². The van der Waals surface area contributed by atoms with Crippen LogP contribution in [-0.2, 0) is 11.3 Å². The van der Waals surface area contributed by atoms with E-state index < -0.39 is 11.4 Å². The van der Waals surface area contributed by atoms with E-state index in [1.807, 2.05) is 0 Å². The zero-order chi connectivity index (χ0) is 15.6. The number of halogens is 1. The van der Waals surface area contributed by atoms with Crippen molar-refractivity contribution in [3.05, 3.63) is 35.1 Å². The molecular weight excluding hydrogens is 275 g/mol. The molecular formula is C15H19FN2O3. The van der Waals surface area contributed by atoms with Crippen molar-refractivity contribution in [1.29, 1.82) is 0 Å². The lowest BCUT2D eigenvalue weighted by atomic mass is 9.90. The highest BCUT2D eigenvalue weighted by atomic mass is 19.1. The molecule has 1 aliphatic rings. The maximum absolute atomic E-state index is 13.2. The molecule has 1 aromatic rings. The largest absolute Gasteiger partial charge is 0.481 e. The average molecular weight is 294 g/mol. The highest BCUT2D eigenvalue weighted by Gasteiger charge is 2.42. The first-order valence-corrected chi connectivity index (χ1v) is 6.83. The molecule has 1 heterocycles. The number of benzene rings is 1. The quantitative estimate of drug-likeness (QED) is 0.897. The van der Waals surface area contributed by atoms with Gasteiger partial charge in [0.1, 0.15) is 5.82 Å². The van der Waals surface area contributed by atoms with Crippen LogP contribution < -0.4 is 5.32 Å². The molecule has 0 aromatic heterocycles. The van der Waals surface area contributed by atoms with E-state index in [0.29, 0.717) is 25.1 Å². The molecule has 0 bridgehead atoms. The number of hydrogen-bond donors (Lipinski definition) is 2. The first kappa shape index (κ1) is 15.3. The maximum atomic E-state index is 13.2. The number of nitrogens with one attached hydrogen (secondary N) is 1. The van der Waals surface area contributed by atoms with E-state index in [1.165, 1.54) is 11.0 Å². The van der Waals surface area contributed by atoms with E-state index in [9.17, 15) is 14.0 Å². The van der Waals surface area contributed by atoms with Gasteiger partial charge in [-0.1, -0.05) is 12.1 Å². The molecule has 1 atom stereocenters. The van der Waals surface area contributed by atoms with E-state index in [1.54, 1.807) is 26.0 Å². The Morgan fingerprint density at radius 2 is 2.19 bits per heavy atom. The van der Waals surface area contributed by atoms with Crippen molar-refractivity contribution in [3.63, 3.8) is 0 Å². The summed E-state index contributed by atoms with van der Waals surface area (Å²) < 4.78 is 13.2. The van der Waals surface area contributed by atoms with E-state index in [0.717, 1.165) is 5.56 Å². The van der Waals surface area contributed by atoms with E-state index in [4.69, 9.17) is 5.11 Å². The fourth-order valence-electron chi connectivity index (χ4n) is 2.42. The van der Waals surface area contributed by atoms with E-state index in [-0.39, 0.29) is 18.4 Å². The summed E-state index contributed by atoms with van der Waals surface area (Å²) in [7, 11) is 0. The average Bonchev–Trinajstić information content (AvgIpc) is 2.84. The standard InChI is InChI=1S/C15H19FN2O3/c1-10-7-11(3-4-12(10)16)8-17-14(21)18-6-5-15(2,9-18)13(19)20/h3-4,7H,5-6,8-9H2,1-2H3,(H,17,21)(H,19,20). The number of carboxylic acid groups (broad SMARTS) is 1. The van der Waals surface area contributed by atoms with E-state index >= 15 is 0 Å². The third-order valence-corrected chi connectivity index (χ3v) is 3.94. The number of likely N-dealkylation sites (tertiary alicyclic amines) is 1. The second kappa shape index (κ2) is 5.71. The normalized spacial score (nSPS) is 21.4. The molecule has 2 amide bonds. The first-order chi connectivity index (χ1) is 9.82. The van der Waals surface area contributed by atoms with Crippen LogP contribution in [0.4, 0.5) is 9.18 Å². The Morgan fingerprint density at radius 1 is 1.48 bits per heavy atom. The van der Waals surface area contributed by atoms with Crippen molar-refractivity contribution < 1.29 is 19.1 Å². The van der Waals surface area contributed by atoms with Crippen LogP contribution in [0.25, 0.3) is 0 Å². The van der Waals surface area contributed by atoms with Gasteiger partial charge in [0, 0.05) is 19.6 Å². The smallest absolute Gasteiger partial charge is 0.317 e. The lowest BCUT2D eigenvalue weighted by molar-refractivity contribution is -0.147. The van der Waals surface area contributed by atoms with Crippen LogP contribution in [0.15, 0.2) is 18.2 Å². The molecule has 114 valence electrons. The van der Waals surface area contributed by atoms with Crippen molar-refractivity contribution in [2.24, 2.45) is 5.41 Å². The summed E-state index contributed by atoms with van der Waals surface area (Å²) >= 11 is 0. The van der Waals surface area contributed by atoms with Gasteiger partial charge in [-0.25, -0.2) is 9.18 Å². The van der Waals surface area contributed by atoms with Gasteiger partial charge in [0.15, 0.2) is 0 Å². The Kier molecular flexibility index (Phi) is 4.16. The van der Waals surface area contributed by atoms with Gasteiger partial charge in [-0.05, 0) is 37.5 Å². The van der Waals surface area contributed by atoms with Crippen LogP contribution in [0.1, 0.15) is 24.5 Å². The summed E-state index contributed by atoms with van der Waals surface area (Å²) in [5, 5.41) is 11.9. The molecule has 1 saturated heterocycles. The van der Waals surface area contributed by atoms with Gasteiger partial charge in [0.2, 0.25) is 0 Å². The monoisotopic (exact) mass is 294 g/mol. The number of urea groups is 1. The first-order valence-electron chi connectivity index (χ1n) is 6.83. The van der Waals surface area contributed by atoms with Gasteiger partial charge in [-0.2, -0.15) is 0 Å². The Hall–Kier alpha value is -2.11. The van der Waals surface area contributed by atoms with Crippen LogP contribution in [0.5, 0.6) is 0 Å². The van der Waals surface area contributed by atoms with Crippen molar-refractivity contribution in [2.75, 3.05) is 13.1 Å². The molecule has 0 spiro atoms. The van der Waals surface area contributed by atoms with Gasteiger partial charge in [0.05, 0.1) is 5.41 Å². The predicted molar refractivity (Wildman–Crippen MR) is 75.3 cm³/mol. The molecule has 1 aliphatic heterocycles. The summed E-state index contributed by atoms with van der Waals surface area (Å²) in [6, 6.07) is 4.38. The number of aryl methyl sites for hydroxylation is 1. The summed E-state index contributed by atoms with van der Waals surface area (Å²) in [5.41, 5.74) is 0.466. The summed E-state index contributed by atoms with van der Waals surface area (Å²) in [5.74, 6) is -1.16. The van der Waals surface area contributed by atoms with Crippen LogP contribution in [0.3, 0.4) is 0 Å². The van der Waals surface area contributed by atoms with Crippen molar-refractivity contribution in [1.82, 2.24) is 10.2 Å². The molecule has 0 radical (unpaired) electrons. The summed E-state index contributed by atoms with van der Waals surface area (Å²) in [4.78, 5) is 24.7. The van der Waals surface area contributed by atoms with Crippen LogP contribution in [0.2, 0.25) is 0 Å². The number of carbonyl (C=O) groups is 2. The molecule has 5 nitrogen and oxygen atoms in total. The van der Waals surface area contributed by atoms with Gasteiger partial charge in [-0.3, -0.25) is 4.79 Å². The summed E-state index contributed by atoms with van der Waals surface area (Å²) in [6.45, 7) is 4.24. The number of aliphatic carboxylic acids is 1. The number of carboxylic acids is 1. The number of nitrogens with zero attached hydrogens (tertiary/aromatic N) is 1. The highest BCUT2D eigenvalue weighted by Crippen LogP contribution is 2.29. The molecule has 1 fully saturated rings. The number of hydrogen-bond acceptors (Lipinski definition) is 2. The molecule has 2 rings (SSSR count). The maximum Gasteiger partial charge on any atom is 0.317 e. The Labute approximate surface area is 122 Å². The topological polar surface area (TPSA) is 69.6 Å². The fourth-order valence-corrected chi connectivity index (χ4v) is 2.42.